The summed E-state index contributed by atoms with van der Waals surface area (Å²) in [6.45, 7) is 13.8. The van der Waals surface area contributed by atoms with Crippen LogP contribution in [0.3, 0.4) is 0 Å². The number of carboxylic acid groups (broad SMARTS) is 1. The molecule has 0 heterocycles. The van der Waals surface area contributed by atoms with Crippen molar-refractivity contribution in [2.75, 3.05) is 6.61 Å². The first-order valence-electron chi connectivity index (χ1n) is 7.29. The molecule has 1 N–H and O–H groups in total. The summed E-state index contributed by atoms with van der Waals surface area (Å²) >= 11 is 0. The molecule has 0 aromatic carbocycles. The summed E-state index contributed by atoms with van der Waals surface area (Å²) in [5.74, 6) is -1.10. The molecule has 0 rings (SSSR count). The van der Waals surface area contributed by atoms with Gasteiger partial charge in [-0.15, -0.1) is 0 Å². The van der Waals surface area contributed by atoms with Gasteiger partial charge in [0, 0.05) is 0 Å². The van der Waals surface area contributed by atoms with E-state index in [0.29, 0.717) is 6.61 Å². The summed E-state index contributed by atoms with van der Waals surface area (Å²) in [5.41, 5.74) is -1.78. The average molecular weight is 286 g/mol. The highest BCUT2D eigenvalue weighted by atomic mass is 16.5. The van der Waals surface area contributed by atoms with Crippen molar-refractivity contribution in [3.63, 3.8) is 0 Å². The van der Waals surface area contributed by atoms with E-state index in [2.05, 4.69) is 0 Å². The zero-order chi connectivity index (χ0) is 16.2. The van der Waals surface area contributed by atoms with Crippen LogP contribution in [-0.2, 0) is 14.3 Å². The van der Waals surface area contributed by atoms with Crippen LogP contribution in [0.15, 0.2) is 0 Å². The topological polar surface area (TPSA) is 63.6 Å². The van der Waals surface area contributed by atoms with Crippen molar-refractivity contribution in [3.8, 4) is 0 Å². The molecule has 0 unspecified atom stereocenters. The zero-order valence-corrected chi connectivity index (χ0v) is 14.0. The summed E-state index contributed by atoms with van der Waals surface area (Å²) < 4.78 is 5.35. The highest BCUT2D eigenvalue weighted by Crippen LogP contribution is 2.53. The molecule has 0 radical (unpaired) electrons. The highest BCUT2D eigenvalue weighted by molar-refractivity contribution is 5.77. The first-order chi connectivity index (χ1) is 8.90. The minimum atomic E-state index is -0.849. The summed E-state index contributed by atoms with van der Waals surface area (Å²) in [5, 5.41) is 9.07. The lowest BCUT2D eigenvalue weighted by Crippen LogP contribution is -2.50. The number of unbranched alkanes of at least 4 members (excludes halogenated alkanes) is 1. The van der Waals surface area contributed by atoms with Crippen LogP contribution in [-0.4, -0.2) is 23.7 Å². The maximum atomic E-state index is 12.3. The molecule has 0 fully saturated rings. The molecule has 0 saturated heterocycles. The third kappa shape index (κ3) is 3.97. The van der Waals surface area contributed by atoms with E-state index in [1.165, 1.54) is 0 Å². The van der Waals surface area contributed by atoms with Crippen LogP contribution in [0.2, 0.25) is 0 Å². The van der Waals surface area contributed by atoms with Gasteiger partial charge in [0.05, 0.1) is 18.4 Å². The monoisotopic (exact) mass is 286 g/mol. The Morgan fingerprint density at radius 1 is 1.05 bits per heavy atom. The fourth-order valence-electron chi connectivity index (χ4n) is 2.19. The van der Waals surface area contributed by atoms with E-state index in [9.17, 15) is 9.59 Å². The fraction of sp³-hybridized carbons (Fsp3) is 0.875. The first kappa shape index (κ1) is 18.9. The minimum Gasteiger partial charge on any atom is -0.481 e. The Kier molecular flexibility index (Phi) is 6.25. The number of hydrogen-bond donors (Lipinski definition) is 1. The number of hydrogen-bond acceptors (Lipinski definition) is 3. The summed E-state index contributed by atoms with van der Waals surface area (Å²) in [6, 6.07) is 0. The molecule has 0 amide bonds. The Hall–Kier alpha value is -1.06. The normalized spacial score (nSPS) is 13.2. The van der Waals surface area contributed by atoms with Crippen molar-refractivity contribution in [3.05, 3.63) is 0 Å². The lowest BCUT2D eigenvalue weighted by atomic mass is 9.54. The number of carbonyl (C=O) groups excluding carboxylic acids is 1. The quantitative estimate of drug-likeness (QED) is 0.543. The predicted octanol–water partition coefficient (Wildman–Crippen LogP) is 3.88. The van der Waals surface area contributed by atoms with Crippen LogP contribution in [0, 0.1) is 16.2 Å². The van der Waals surface area contributed by atoms with Gasteiger partial charge in [0.15, 0.2) is 0 Å². The molecule has 0 aromatic rings. The molecule has 0 aliphatic heterocycles. The second kappa shape index (κ2) is 6.59. The number of rotatable bonds is 8. The van der Waals surface area contributed by atoms with Crippen LogP contribution in [0.25, 0.3) is 0 Å². The van der Waals surface area contributed by atoms with Gasteiger partial charge in [-0.2, -0.15) is 0 Å². The van der Waals surface area contributed by atoms with E-state index >= 15 is 0 Å². The van der Waals surface area contributed by atoms with Crippen LogP contribution in [0.1, 0.15) is 67.7 Å². The summed E-state index contributed by atoms with van der Waals surface area (Å²) in [4.78, 5) is 23.4. The molecule has 0 aromatic heterocycles. The van der Waals surface area contributed by atoms with Crippen molar-refractivity contribution in [2.24, 2.45) is 16.2 Å². The largest absolute Gasteiger partial charge is 0.481 e. The van der Waals surface area contributed by atoms with Crippen LogP contribution < -0.4 is 0 Å². The lowest BCUT2D eigenvalue weighted by molar-refractivity contribution is -0.170. The van der Waals surface area contributed by atoms with E-state index in [1.807, 2.05) is 48.5 Å². The zero-order valence-electron chi connectivity index (χ0n) is 14.0. The van der Waals surface area contributed by atoms with Crippen molar-refractivity contribution >= 4 is 11.9 Å². The number of carbonyl (C=O) groups is 2. The van der Waals surface area contributed by atoms with Gasteiger partial charge in [-0.1, -0.05) is 41.0 Å². The van der Waals surface area contributed by atoms with Gasteiger partial charge in [-0.3, -0.25) is 9.59 Å². The molecule has 4 nitrogen and oxygen atoms in total. The third-order valence-electron chi connectivity index (χ3n) is 5.09. The van der Waals surface area contributed by atoms with Gasteiger partial charge in [-0.25, -0.2) is 0 Å². The fourth-order valence-corrected chi connectivity index (χ4v) is 2.19. The Morgan fingerprint density at radius 3 is 1.95 bits per heavy atom. The molecule has 118 valence electrons. The number of carboxylic acids is 1. The smallest absolute Gasteiger partial charge is 0.312 e. The van der Waals surface area contributed by atoms with Crippen molar-refractivity contribution < 1.29 is 19.4 Å². The average Bonchev–Trinajstić information content (AvgIpc) is 2.26. The van der Waals surface area contributed by atoms with E-state index in [-0.39, 0.29) is 12.4 Å². The summed E-state index contributed by atoms with van der Waals surface area (Å²) in [7, 11) is 0. The Labute approximate surface area is 122 Å². The van der Waals surface area contributed by atoms with Gasteiger partial charge in [0.25, 0.3) is 0 Å². The molecule has 0 aliphatic rings. The summed E-state index contributed by atoms with van der Waals surface area (Å²) in [6.07, 6.45) is 1.84. The Bertz CT molecular complexity index is 353. The van der Waals surface area contributed by atoms with Gasteiger partial charge < -0.3 is 9.84 Å². The van der Waals surface area contributed by atoms with Gasteiger partial charge in [0.1, 0.15) is 0 Å². The molecule has 0 saturated carbocycles. The SMILES string of the molecule is CCCCOC(=O)C(C)(C)C(C)(C)C(C)(C)CC(=O)O. The second-order valence-corrected chi connectivity index (χ2v) is 7.19. The molecule has 0 atom stereocenters. The first-order valence-corrected chi connectivity index (χ1v) is 7.29. The van der Waals surface area contributed by atoms with Crippen molar-refractivity contribution in [1.82, 2.24) is 0 Å². The molecule has 0 spiro atoms. The van der Waals surface area contributed by atoms with Crippen LogP contribution in [0.5, 0.6) is 0 Å². The van der Waals surface area contributed by atoms with E-state index in [4.69, 9.17) is 9.84 Å². The minimum absolute atomic E-state index is 0.0195. The Balaban J connectivity index is 5.13. The van der Waals surface area contributed by atoms with Gasteiger partial charge in [-0.05, 0) is 31.1 Å². The predicted molar refractivity (Wildman–Crippen MR) is 79.5 cm³/mol. The van der Waals surface area contributed by atoms with E-state index in [1.54, 1.807) is 0 Å². The maximum Gasteiger partial charge on any atom is 0.312 e. The third-order valence-corrected chi connectivity index (χ3v) is 5.09. The maximum absolute atomic E-state index is 12.3. The molecule has 0 aliphatic carbocycles. The van der Waals surface area contributed by atoms with Crippen molar-refractivity contribution in [2.45, 2.75) is 67.7 Å². The van der Waals surface area contributed by atoms with Crippen LogP contribution in [0.4, 0.5) is 0 Å². The number of aliphatic carboxylic acids is 1. The lowest BCUT2D eigenvalue weighted by Gasteiger charge is -2.50. The molecular formula is C16H30O4. The van der Waals surface area contributed by atoms with E-state index < -0.39 is 22.2 Å². The molecule has 0 bridgehead atoms. The number of ether oxygens (including phenoxy) is 1. The van der Waals surface area contributed by atoms with Gasteiger partial charge in [0.2, 0.25) is 0 Å². The highest BCUT2D eigenvalue weighted by Gasteiger charge is 2.53. The van der Waals surface area contributed by atoms with Crippen molar-refractivity contribution in [1.29, 1.82) is 0 Å². The molecular weight excluding hydrogens is 256 g/mol. The molecule has 4 heteroatoms. The Morgan fingerprint density at radius 2 is 1.55 bits per heavy atom. The second-order valence-electron chi connectivity index (χ2n) is 7.19. The van der Waals surface area contributed by atoms with E-state index in [0.717, 1.165) is 12.8 Å². The number of esters is 1. The van der Waals surface area contributed by atoms with Gasteiger partial charge >= 0.3 is 11.9 Å². The molecule has 20 heavy (non-hydrogen) atoms. The van der Waals surface area contributed by atoms with Crippen LogP contribution >= 0.6 is 0 Å². The standard InChI is InChI=1S/C16H30O4/c1-8-9-10-20-13(19)15(4,5)16(6,7)14(2,3)11-12(17)18/h8-11H2,1-7H3,(H,17,18).